The molecule has 2 rings (SSSR count). The Kier molecular flexibility index (Phi) is 4.65. The van der Waals surface area contributed by atoms with Crippen LogP contribution in [0.5, 0.6) is 0 Å². The Balaban J connectivity index is 2.39. The summed E-state index contributed by atoms with van der Waals surface area (Å²) in [7, 11) is 0. The molecule has 20 heavy (non-hydrogen) atoms. The molecule has 4 heteroatoms. The van der Waals surface area contributed by atoms with Crippen molar-refractivity contribution in [1.29, 1.82) is 5.26 Å². The second-order valence-corrected chi connectivity index (χ2v) is 5.70. The predicted octanol–water partition coefficient (Wildman–Crippen LogP) is 3.25. The topological polar surface area (TPSA) is 52.9 Å². The zero-order chi connectivity index (χ0) is 14.5. The number of nitriles is 1. The molecule has 102 valence electrons. The van der Waals surface area contributed by atoms with Crippen molar-refractivity contribution in [3.63, 3.8) is 0 Å². The number of nitrogens with one attached hydrogen (secondary N) is 1. The largest absolute Gasteiger partial charge is 0.320 e. The van der Waals surface area contributed by atoms with E-state index < -0.39 is 0 Å². The second kappa shape index (κ2) is 6.44. The van der Waals surface area contributed by atoms with Crippen molar-refractivity contribution in [3.8, 4) is 6.07 Å². The number of allylic oxidation sites excluding steroid dienone is 1. The third-order valence-corrected chi connectivity index (χ3v) is 4.19. The van der Waals surface area contributed by atoms with Gasteiger partial charge in [-0.25, -0.2) is 0 Å². The van der Waals surface area contributed by atoms with E-state index in [-0.39, 0.29) is 11.8 Å². The van der Waals surface area contributed by atoms with Crippen LogP contribution in [0.15, 0.2) is 47.5 Å². The van der Waals surface area contributed by atoms with Crippen molar-refractivity contribution >= 4 is 17.7 Å². The standard InChI is InChI=1S/C16H16N2OS/c1-3-8-20-16-14(10-17)13(9-15(19)18-16)12-6-4-11(2)5-7-12/h3-7,13H,1,8-9H2,2H3,(H,18,19). The molecule has 1 atom stereocenters. The van der Waals surface area contributed by atoms with Gasteiger partial charge in [-0.05, 0) is 12.5 Å². The summed E-state index contributed by atoms with van der Waals surface area (Å²) in [6.45, 7) is 5.68. The van der Waals surface area contributed by atoms with Crippen LogP contribution in [0.2, 0.25) is 0 Å². The van der Waals surface area contributed by atoms with Crippen LogP contribution in [0.4, 0.5) is 0 Å². The molecule has 1 unspecified atom stereocenters. The average Bonchev–Trinajstić information content (AvgIpc) is 2.45. The van der Waals surface area contributed by atoms with E-state index in [9.17, 15) is 10.1 Å². The minimum atomic E-state index is -0.151. The first-order valence-corrected chi connectivity index (χ1v) is 7.38. The van der Waals surface area contributed by atoms with E-state index in [0.717, 1.165) is 11.1 Å². The van der Waals surface area contributed by atoms with Crippen LogP contribution in [0.25, 0.3) is 0 Å². The molecule has 0 radical (unpaired) electrons. The summed E-state index contributed by atoms with van der Waals surface area (Å²) in [6.07, 6.45) is 2.08. The van der Waals surface area contributed by atoms with Crippen LogP contribution in [-0.4, -0.2) is 11.7 Å². The zero-order valence-corrected chi connectivity index (χ0v) is 12.2. The van der Waals surface area contributed by atoms with Crippen LogP contribution < -0.4 is 5.32 Å². The molecule has 1 aromatic rings. The van der Waals surface area contributed by atoms with Crippen LogP contribution in [0.3, 0.4) is 0 Å². The SMILES string of the molecule is C=CCSC1=C(C#N)C(c2ccc(C)cc2)CC(=O)N1. The average molecular weight is 284 g/mol. The number of amides is 1. The Hall–Kier alpha value is -1.99. The fraction of sp³-hybridized carbons (Fsp3) is 0.250. The summed E-state index contributed by atoms with van der Waals surface area (Å²) in [4.78, 5) is 11.9. The van der Waals surface area contributed by atoms with Gasteiger partial charge in [0, 0.05) is 18.1 Å². The third kappa shape index (κ3) is 3.12. The van der Waals surface area contributed by atoms with Crippen LogP contribution in [-0.2, 0) is 4.79 Å². The number of carbonyl (C=O) groups excluding carboxylic acids is 1. The number of benzene rings is 1. The van der Waals surface area contributed by atoms with Crippen LogP contribution in [0.1, 0.15) is 23.5 Å². The molecule has 0 bridgehead atoms. The fourth-order valence-corrected chi connectivity index (χ4v) is 2.97. The summed E-state index contributed by atoms with van der Waals surface area (Å²) >= 11 is 1.44. The van der Waals surface area contributed by atoms with Crippen molar-refractivity contribution in [1.82, 2.24) is 5.32 Å². The zero-order valence-electron chi connectivity index (χ0n) is 11.3. The monoisotopic (exact) mass is 284 g/mol. The van der Waals surface area contributed by atoms with E-state index >= 15 is 0 Å². The maximum Gasteiger partial charge on any atom is 0.225 e. The van der Waals surface area contributed by atoms with Crippen LogP contribution >= 0.6 is 11.8 Å². The Bertz CT molecular complexity index is 596. The number of carbonyl (C=O) groups is 1. The number of hydrogen-bond donors (Lipinski definition) is 1. The molecule has 3 nitrogen and oxygen atoms in total. The summed E-state index contributed by atoms with van der Waals surface area (Å²) in [5.41, 5.74) is 2.82. The van der Waals surface area contributed by atoms with Gasteiger partial charge in [-0.3, -0.25) is 4.79 Å². The summed E-state index contributed by atoms with van der Waals surface area (Å²) in [5, 5.41) is 12.9. The molecule has 0 saturated heterocycles. The van der Waals surface area contributed by atoms with Gasteiger partial charge in [-0.15, -0.1) is 18.3 Å². The molecule has 0 saturated carbocycles. The number of aryl methyl sites for hydroxylation is 1. The van der Waals surface area contributed by atoms with E-state index in [1.54, 1.807) is 6.08 Å². The highest BCUT2D eigenvalue weighted by atomic mass is 32.2. The fourth-order valence-electron chi connectivity index (χ4n) is 2.16. The minimum Gasteiger partial charge on any atom is -0.320 e. The first kappa shape index (κ1) is 14.4. The summed E-state index contributed by atoms with van der Waals surface area (Å²) < 4.78 is 0. The lowest BCUT2D eigenvalue weighted by Crippen LogP contribution is -2.30. The number of rotatable bonds is 4. The van der Waals surface area contributed by atoms with Gasteiger partial charge in [0.2, 0.25) is 5.91 Å². The van der Waals surface area contributed by atoms with Crippen molar-refractivity contribution in [3.05, 3.63) is 58.6 Å². The van der Waals surface area contributed by atoms with Gasteiger partial charge in [-0.2, -0.15) is 5.26 Å². The Labute approximate surface area is 123 Å². The number of hydrogen-bond acceptors (Lipinski definition) is 3. The second-order valence-electron chi connectivity index (χ2n) is 4.67. The molecular weight excluding hydrogens is 268 g/mol. The molecule has 0 aromatic heterocycles. The van der Waals surface area contributed by atoms with Gasteiger partial charge in [0.1, 0.15) is 0 Å². The van der Waals surface area contributed by atoms with E-state index in [1.807, 2.05) is 31.2 Å². The van der Waals surface area contributed by atoms with Crippen molar-refractivity contribution in [2.75, 3.05) is 5.75 Å². The highest BCUT2D eigenvalue weighted by Gasteiger charge is 2.29. The van der Waals surface area contributed by atoms with Gasteiger partial charge >= 0.3 is 0 Å². The molecule has 0 fully saturated rings. The van der Waals surface area contributed by atoms with Gasteiger partial charge < -0.3 is 5.32 Å². The van der Waals surface area contributed by atoms with E-state index in [0.29, 0.717) is 22.8 Å². The van der Waals surface area contributed by atoms with Crippen LogP contribution in [0, 0.1) is 18.3 Å². The highest BCUT2D eigenvalue weighted by molar-refractivity contribution is 8.03. The highest BCUT2D eigenvalue weighted by Crippen LogP contribution is 2.35. The molecular formula is C16H16N2OS. The van der Waals surface area contributed by atoms with Gasteiger partial charge in [0.15, 0.2) is 0 Å². The lowest BCUT2D eigenvalue weighted by Gasteiger charge is -2.25. The maximum absolute atomic E-state index is 11.9. The third-order valence-electron chi connectivity index (χ3n) is 3.18. The lowest BCUT2D eigenvalue weighted by molar-refractivity contribution is -0.120. The molecule has 1 N–H and O–H groups in total. The first-order valence-electron chi connectivity index (χ1n) is 6.40. The van der Waals surface area contributed by atoms with Crippen molar-refractivity contribution in [2.24, 2.45) is 0 Å². The summed E-state index contributed by atoms with van der Waals surface area (Å²) in [6, 6.07) is 10.3. The van der Waals surface area contributed by atoms with E-state index in [1.165, 1.54) is 11.8 Å². The Morgan fingerprint density at radius 3 is 2.80 bits per heavy atom. The van der Waals surface area contributed by atoms with E-state index in [2.05, 4.69) is 18.0 Å². The smallest absolute Gasteiger partial charge is 0.225 e. The normalized spacial score (nSPS) is 18.4. The molecule has 1 aromatic carbocycles. The number of thioether (sulfide) groups is 1. The summed E-state index contributed by atoms with van der Waals surface area (Å²) in [5.74, 6) is 0.476. The molecule has 1 heterocycles. The van der Waals surface area contributed by atoms with Gasteiger partial charge in [0.05, 0.1) is 16.7 Å². The molecule has 1 amide bonds. The molecule has 0 aliphatic carbocycles. The first-order chi connectivity index (χ1) is 9.65. The van der Waals surface area contributed by atoms with Crippen molar-refractivity contribution < 1.29 is 4.79 Å². The Morgan fingerprint density at radius 1 is 1.50 bits per heavy atom. The minimum absolute atomic E-state index is 0.0406. The van der Waals surface area contributed by atoms with Crippen molar-refractivity contribution in [2.45, 2.75) is 19.3 Å². The maximum atomic E-state index is 11.9. The van der Waals surface area contributed by atoms with Gasteiger partial charge in [-0.1, -0.05) is 35.9 Å². The van der Waals surface area contributed by atoms with E-state index in [4.69, 9.17) is 0 Å². The lowest BCUT2D eigenvalue weighted by atomic mass is 9.87. The van der Waals surface area contributed by atoms with Gasteiger partial charge in [0.25, 0.3) is 0 Å². The molecule has 1 aliphatic heterocycles. The quantitative estimate of drug-likeness (QED) is 0.863. The molecule has 0 spiro atoms. The predicted molar refractivity (Wildman–Crippen MR) is 82.0 cm³/mol. The Morgan fingerprint density at radius 2 is 2.20 bits per heavy atom. The molecule has 1 aliphatic rings. The number of nitrogens with zero attached hydrogens (tertiary/aromatic N) is 1.